The largest absolute Gasteiger partial charge is 0.424 e. The molecule has 3 rings (SSSR count). The van der Waals surface area contributed by atoms with Gasteiger partial charge in [0.15, 0.2) is 5.58 Å². The van der Waals surface area contributed by atoms with E-state index in [1.807, 2.05) is 10.8 Å². The molecule has 0 radical (unpaired) electrons. The molecular weight excluding hydrogens is 235 g/mol. The first-order valence-electron chi connectivity index (χ1n) is 5.57. The van der Waals surface area contributed by atoms with Gasteiger partial charge >= 0.3 is 0 Å². The summed E-state index contributed by atoms with van der Waals surface area (Å²) in [5, 5.41) is 3.04. The van der Waals surface area contributed by atoms with Gasteiger partial charge in [0.25, 0.3) is 6.01 Å². The molecule has 0 fully saturated rings. The highest BCUT2D eigenvalue weighted by molar-refractivity contribution is 5.74. The Morgan fingerprint density at radius 1 is 1.39 bits per heavy atom. The van der Waals surface area contributed by atoms with Crippen LogP contribution in [0.1, 0.15) is 0 Å². The maximum atomic E-state index is 13.0. The first kappa shape index (κ1) is 10.8. The predicted octanol–water partition coefficient (Wildman–Crippen LogP) is 2.28. The Kier molecular flexibility index (Phi) is 2.68. The van der Waals surface area contributed by atoms with Crippen molar-refractivity contribution < 1.29 is 8.81 Å². The number of aromatic nitrogens is 3. The summed E-state index contributed by atoms with van der Waals surface area (Å²) in [4.78, 5) is 8.10. The van der Waals surface area contributed by atoms with Gasteiger partial charge in [0.05, 0.1) is 6.33 Å². The molecule has 0 amide bonds. The number of fused-ring (bicyclic) bond motifs is 1. The third-order valence-corrected chi connectivity index (χ3v) is 2.56. The fourth-order valence-electron chi connectivity index (χ4n) is 1.69. The van der Waals surface area contributed by atoms with E-state index in [0.29, 0.717) is 23.7 Å². The summed E-state index contributed by atoms with van der Waals surface area (Å²) in [5.41, 5.74) is 1.08. The third-order valence-electron chi connectivity index (χ3n) is 2.56. The van der Waals surface area contributed by atoms with Crippen LogP contribution in [0.15, 0.2) is 41.3 Å². The minimum absolute atomic E-state index is 0.319. The van der Waals surface area contributed by atoms with E-state index in [9.17, 15) is 4.39 Å². The van der Waals surface area contributed by atoms with Crippen molar-refractivity contribution in [2.75, 3.05) is 11.9 Å². The minimum atomic E-state index is -0.319. The van der Waals surface area contributed by atoms with Gasteiger partial charge in [-0.15, -0.1) is 0 Å². The van der Waals surface area contributed by atoms with Gasteiger partial charge in [-0.1, -0.05) is 0 Å². The molecule has 2 heterocycles. The van der Waals surface area contributed by atoms with Crippen molar-refractivity contribution >= 4 is 17.1 Å². The summed E-state index contributed by atoms with van der Waals surface area (Å²) >= 11 is 0. The first-order valence-corrected chi connectivity index (χ1v) is 5.57. The van der Waals surface area contributed by atoms with Crippen molar-refractivity contribution in [2.45, 2.75) is 6.54 Å². The normalized spacial score (nSPS) is 10.9. The molecule has 1 N–H and O–H groups in total. The van der Waals surface area contributed by atoms with Crippen LogP contribution in [0.2, 0.25) is 0 Å². The molecule has 0 aliphatic carbocycles. The maximum Gasteiger partial charge on any atom is 0.295 e. The van der Waals surface area contributed by atoms with E-state index in [0.717, 1.165) is 6.54 Å². The van der Waals surface area contributed by atoms with E-state index in [1.54, 1.807) is 18.6 Å². The number of nitrogens with one attached hydrogen (secondary N) is 1. The van der Waals surface area contributed by atoms with Crippen LogP contribution in [0.3, 0.4) is 0 Å². The second-order valence-electron chi connectivity index (χ2n) is 3.86. The molecule has 6 heteroatoms. The van der Waals surface area contributed by atoms with Gasteiger partial charge in [-0.2, -0.15) is 4.98 Å². The minimum Gasteiger partial charge on any atom is -0.424 e. The molecule has 0 aliphatic rings. The summed E-state index contributed by atoms with van der Waals surface area (Å²) in [7, 11) is 0. The molecule has 0 saturated carbocycles. The van der Waals surface area contributed by atoms with E-state index < -0.39 is 0 Å². The van der Waals surface area contributed by atoms with Crippen molar-refractivity contribution in [2.24, 2.45) is 0 Å². The second-order valence-corrected chi connectivity index (χ2v) is 3.86. The van der Waals surface area contributed by atoms with Crippen molar-refractivity contribution in [1.82, 2.24) is 14.5 Å². The summed E-state index contributed by atoms with van der Waals surface area (Å²) in [6, 6.07) is 4.66. The number of rotatable bonds is 4. The second kappa shape index (κ2) is 4.48. The van der Waals surface area contributed by atoms with Crippen molar-refractivity contribution in [1.29, 1.82) is 0 Å². The average Bonchev–Trinajstić information content (AvgIpc) is 2.97. The van der Waals surface area contributed by atoms with E-state index in [4.69, 9.17) is 4.42 Å². The lowest BCUT2D eigenvalue weighted by molar-refractivity contribution is 0.603. The number of oxazole rings is 1. The number of anilines is 1. The zero-order valence-corrected chi connectivity index (χ0v) is 9.51. The van der Waals surface area contributed by atoms with Crippen LogP contribution in [0, 0.1) is 5.82 Å². The summed E-state index contributed by atoms with van der Waals surface area (Å²) in [5.74, 6) is -0.319. The Labute approximate surface area is 102 Å². The third kappa shape index (κ3) is 2.17. The van der Waals surface area contributed by atoms with E-state index in [-0.39, 0.29) is 5.82 Å². The Hall–Kier alpha value is -2.37. The van der Waals surface area contributed by atoms with Crippen LogP contribution in [0.4, 0.5) is 10.4 Å². The molecule has 0 aliphatic heterocycles. The Bertz CT molecular complexity index is 647. The number of halogens is 1. The molecule has 0 saturated heterocycles. The van der Waals surface area contributed by atoms with E-state index in [2.05, 4.69) is 15.3 Å². The van der Waals surface area contributed by atoms with E-state index in [1.165, 1.54) is 12.1 Å². The molecule has 0 atom stereocenters. The smallest absolute Gasteiger partial charge is 0.295 e. The lowest BCUT2D eigenvalue weighted by Crippen LogP contribution is -2.09. The molecule has 0 spiro atoms. The number of imidazole rings is 1. The predicted molar refractivity (Wildman–Crippen MR) is 64.7 cm³/mol. The zero-order chi connectivity index (χ0) is 12.4. The fraction of sp³-hybridized carbons (Fsp3) is 0.167. The molecule has 0 unspecified atom stereocenters. The standard InChI is InChI=1S/C12H11FN4O/c13-9-1-2-11-10(7-9)16-12(18-11)15-4-6-17-5-3-14-8-17/h1-3,5,7-8H,4,6H2,(H,15,16). The average molecular weight is 246 g/mol. The van der Waals surface area contributed by atoms with Gasteiger partial charge in [0.2, 0.25) is 0 Å². The molecular formula is C12H11FN4O. The van der Waals surface area contributed by atoms with Crippen LogP contribution >= 0.6 is 0 Å². The van der Waals surface area contributed by atoms with Crippen molar-refractivity contribution in [3.8, 4) is 0 Å². The molecule has 92 valence electrons. The maximum absolute atomic E-state index is 13.0. The number of hydrogen-bond donors (Lipinski definition) is 1. The summed E-state index contributed by atoms with van der Waals surface area (Å²) in [6.45, 7) is 1.42. The quantitative estimate of drug-likeness (QED) is 0.767. The first-order chi connectivity index (χ1) is 8.81. The number of nitrogens with zero attached hydrogens (tertiary/aromatic N) is 3. The molecule has 5 nitrogen and oxygen atoms in total. The Morgan fingerprint density at radius 2 is 2.33 bits per heavy atom. The van der Waals surface area contributed by atoms with Crippen LogP contribution in [0.25, 0.3) is 11.1 Å². The van der Waals surface area contributed by atoms with Crippen molar-refractivity contribution in [3.05, 3.63) is 42.7 Å². The van der Waals surface area contributed by atoms with Gasteiger partial charge < -0.3 is 14.3 Å². The monoisotopic (exact) mass is 246 g/mol. The topological polar surface area (TPSA) is 55.9 Å². The highest BCUT2D eigenvalue weighted by atomic mass is 19.1. The Morgan fingerprint density at radius 3 is 3.17 bits per heavy atom. The highest BCUT2D eigenvalue weighted by Crippen LogP contribution is 2.19. The van der Waals surface area contributed by atoms with Gasteiger partial charge in [0, 0.05) is 31.5 Å². The van der Waals surface area contributed by atoms with Gasteiger partial charge in [-0.25, -0.2) is 9.37 Å². The lowest BCUT2D eigenvalue weighted by atomic mass is 10.3. The van der Waals surface area contributed by atoms with Crippen LogP contribution in [-0.2, 0) is 6.54 Å². The van der Waals surface area contributed by atoms with Crippen LogP contribution < -0.4 is 5.32 Å². The van der Waals surface area contributed by atoms with Crippen LogP contribution in [-0.4, -0.2) is 21.1 Å². The molecule has 3 aromatic rings. The lowest BCUT2D eigenvalue weighted by Gasteiger charge is -2.01. The number of benzene rings is 1. The molecule has 1 aromatic carbocycles. The molecule has 2 aromatic heterocycles. The summed E-state index contributed by atoms with van der Waals surface area (Å²) in [6.07, 6.45) is 5.34. The SMILES string of the molecule is Fc1ccc2oc(NCCn3ccnc3)nc2c1. The fourth-order valence-corrected chi connectivity index (χ4v) is 1.69. The van der Waals surface area contributed by atoms with Crippen molar-refractivity contribution in [3.63, 3.8) is 0 Å². The molecule has 0 bridgehead atoms. The van der Waals surface area contributed by atoms with Gasteiger partial charge in [-0.05, 0) is 12.1 Å². The van der Waals surface area contributed by atoms with Gasteiger partial charge in [0.1, 0.15) is 11.3 Å². The Balaban J connectivity index is 1.67. The van der Waals surface area contributed by atoms with Crippen LogP contribution in [0.5, 0.6) is 0 Å². The molecule has 18 heavy (non-hydrogen) atoms. The van der Waals surface area contributed by atoms with E-state index >= 15 is 0 Å². The zero-order valence-electron chi connectivity index (χ0n) is 9.51. The highest BCUT2D eigenvalue weighted by Gasteiger charge is 2.05. The van der Waals surface area contributed by atoms with Gasteiger partial charge in [-0.3, -0.25) is 0 Å². The summed E-state index contributed by atoms with van der Waals surface area (Å²) < 4.78 is 20.3. The number of hydrogen-bond acceptors (Lipinski definition) is 4.